The first kappa shape index (κ1) is 35.2. The number of para-hydroxylation sites is 1. The number of pyridine rings is 1. The topological polar surface area (TPSA) is 25.8 Å². The predicted octanol–water partition coefficient (Wildman–Crippen LogP) is 12.4. The second-order valence-electron chi connectivity index (χ2n) is 19.5. The van der Waals surface area contributed by atoms with Crippen LogP contribution in [-0.2, 0) is 5.66 Å². The number of hydrogen-bond acceptors (Lipinski definition) is 1. The molecular weight excluding hydrogens is 735 g/mol. The Balaban J connectivity index is 1.44. The molecule has 5 heterocycles. The van der Waals surface area contributed by atoms with Crippen molar-refractivity contribution in [3.8, 4) is 28.3 Å². The summed E-state index contributed by atoms with van der Waals surface area (Å²) in [4.78, 5) is 0. The molecule has 11 rings (SSSR count). The van der Waals surface area contributed by atoms with Crippen molar-refractivity contribution in [3.05, 3.63) is 154 Å². The molecule has 4 nitrogen and oxygen atoms in total. The summed E-state index contributed by atoms with van der Waals surface area (Å²) in [5.74, 6) is 0.281. The second-order valence-corrected chi connectivity index (χ2v) is 24.6. The van der Waals surface area contributed by atoms with Gasteiger partial charge in [0, 0.05) is 23.4 Å². The molecule has 292 valence electrons. The van der Waals surface area contributed by atoms with Gasteiger partial charge in [0.15, 0.2) is 22.8 Å². The molecule has 0 saturated heterocycles. The number of furan rings is 1. The van der Waals surface area contributed by atoms with Gasteiger partial charge >= 0.3 is 11.5 Å². The van der Waals surface area contributed by atoms with Crippen LogP contribution in [-0.4, -0.2) is 12.6 Å². The second kappa shape index (κ2) is 11.9. The molecule has 2 unspecified atom stereocenters. The molecule has 6 aromatic carbocycles. The number of nitrogens with zero attached hydrogens (tertiary/aromatic N) is 3. The minimum Gasteiger partial charge on any atom is -0.455 e. The first-order valence-corrected chi connectivity index (χ1v) is 24.7. The normalized spacial score (nSPS) is 17.2. The third kappa shape index (κ3) is 4.71. The third-order valence-electron chi connectivity index (χ3n) is 13.8. The maximum absolute atomic E-state index is 10.1. The molecule has 59 heavy (non-hydrogen) atoms. The van der Waals surface area contributed by atoms with E-state index in [1.165, 1.54) is 66.0 Å². The van der Waals surface area contributed by atoms with Crippen LogP contribution in [0.1, 0.15) is 73.9 Å². The Bertz CT molecular complexity index is 3350. The molecule has 0 amide bonds. The van der Waals surface area contributed by atoms with E-state index in [0.29, 0.717) is 0 Å². The quantitative estimate of drug-likeness (QED) is 0.129. The zero-order valence-electron chi connectivity index (χ0n) is 37.2. The molecule has 3 aromatic heterocycles. The molecule has 0 saturated carbocycles. The number of aryl methyl sites for hydroxylation is 4. The smallest absolute Gasteiger partial charge is 0.364 e. The highest BCUT2D eigenvalue weighted by Crippen LogP contribution is 2.54. The van der Waals surface area contributed by atoms with E-state index in [4.69, 9.17) is 4.42 Å². The summed E-state index contributed by atoms with van der Waals surface area (Å²) in [7, 11) is -2.07. The van der Waals surface area contributed by atoms with Gasteiger partial charge in [-0.2, -0.15) is 4.57 Å². The van der Waals surface area contributed by atoms with Crippen molar-refractivity contribution in [1.82, 2.24) is 4.57 Å². The lowest BCUT2D eigenvalue weighted by Crippen LogP contribution is -2.72. The summed E-state index contributed by atoms with van der Waals surface area (Å²) in [5, 5.41) is 6.05. The molecule has 0 N–H and O–H groups in total. The van der Waals surface area contributed by atoms with Crippen molar-refractivity contribution in [3.63, 3.8) is 0 Å². The lowest BCUT2D eigenvalue weighted by atomic mass is 9.78. The van der Waals surface area contributed by atoms with Crippen LogP contribution in [0.4, 0.5) is 0 Å². The SMILES string of the molecule is [2H]C(C)(c1cc2[n+](cc1[Si](C)(C)C)C1(c3ccccc3-2)c2cc(C)c3c(oc4cc(C)ccc43)c2-c2n(-c3c(C)cccc3C)c3cc4ccccc4cc3[n+]21)C(C)(C)C. The Morgan fingerprint density at radius 1 is 0.763 bits per heavy atom. The summed E-state index contributed by atoms with van der Waals surface area (Å²) in [5.41, 5.74) is 16.1. The average Bonchev–Trinajstić information content (AvgIpc) is 3.89. The van der Waals surface area contributed by atoms with Crippen LogP contribution in [0.15, 0.2) is 120 Å². The fourth-order valence-electron chi connectivity index (χ4n) is 10.7. The predicted molar refractivity (Wildman–Crippen MR) is 247 cm³/mol. The zero-order valence-corrected chi connectivity index (χ0v) is 37.2. The van der Waals surface area contributed by atoms with Gasteiger partial charge in [0.05, 0.1) is 24.8 Å². The van der Waals surface area contributed by atoms with E-state index < -0.39 is 19.6 Å². The number of imidazole rings is 1. The van der Waals surface area contributed by atoms with Crippen LogP contribution in [0, 0.1) is 33.1 Å². The largest absolute Gasteiger partial charge is 0.455 e. The fraction of sp³-hybridized carbons (Fsp3) is 0.259. The van der Waals surface area contributed by atoms with Gasteiger partial charge in [-0.05, 0) is 114 Å². The van der Waals surface area contributed by atoms with Gasteiger partial charge in [-0.15, -0.1) is 9.13 Å². The highest BCUT2D eigenvalue weighted by molar-refractivity contribution is 6.89. The molecule has 1 spiro atoms. The molecule has 2 aliphatic rings. The first-order chi connectivity index (χ1) is 28.4. The Hall–Kier alpha value is -5.78. The summed E-state index contributed by atoms with van der Waals surface area (Å²) in [6.07, 6.45) is 2.49. The fourth-order valence-corrected chi connectivity index (χ4v) is 12.3. The van der Waals surface area contributed by atoms with E-state index >= 15 is 0 Å². The van der Waals surface area contributed by atoms with E-state index in [-0.39, 0.29) is 5.41 Å². The monoisotopic (exact) mass is 788 g/mol. The van der Waals surface area contributed by atoms with Crippen LogP contribution in [0.2, 0.25) is 19.6 Å². The number of rotatable bonds is 3. The van der Waals surface area contributed by atoms with Crippen molar-refractivity contribution in [1.29, 1.82) is 0 Å². The standard InChI is InChI=1S/C54H53N3OSi/c1-31-23-24-39-46(25-31)58-51-48(39)34(4)26-42-49(51)52-56(50-32(2)17-16-18-33(50)3)44-27-36-19-12-13-20-37(36)28-45(44)57(52)54(42)41-22-15-14-21-38(41)43-29-40(35(5)53(6,7)8)47(30-55(43)54)59(9,10)11/h12-30,35H,1-11H3/q+2/i35D. The maximum Gasteiger partial charge on any atom is 0.364 e. The molecule has 2 atom stereocenters. The molecule has 5 heteroatoms. The molecule has 9 aromatic rings. The van der Waals surface area contributed by atoms with Gasteiger partial charge in [-0.1, -0.05) is 114 Å². The van der Waals surface area contributed by atoms with Crippen molar-refractivity contribution < 1.29 is 14.9 Å². The molecule has 0 bridgehead atoms. The zero-order chi connectivity index (χ0) is 42.0. The summed E-state index contributed by atoms with van der Waals surface area (Å²) in [6, 6.07) is 40.9. The van der Waals surface area contributed by atoms with E-state index in [0.717, 1.165) is 50.2 Å². The lowest BCUT2D eigenvalue weighted by Gasteiger charge is -2.32. The van der Waals surface area contributed by atoms with Crippen LogP contribution in [0.3, 0.4) is 0 Å². The molecular formula is C54H53N3OSi+2. The van der Waals surface area contributed by atoms with Crippen molar-refractivity contribution in [2.24, 2.45) is 5.41 Å². The Labute approximate surface area is 349 Å². The minimum absolute atomic E-state index is 0.291. The number of aromatic nitrogens is 3. The number of hydrogen-bond donors (Lipinski definition) is 0. The van der Waals surface area contributed by atoms with E-state index in [1.807, 2.05) is 0 Å². The highest BCUT2D eigenvalue weighted by atomic mass is 28.3. The first-order valence-electron chi connectivity index (χ1n) is 21.7. The van der Waals surface area contributed by atoms with E-state index in [9.17, 15) is 1.37 Å². The Kier molecular flexibility index (Phi) is 7.11. The average molecular weight is 789 g/mol. The van der Waals surface area contributed by atoms with Crippen molar-refractivity contribution in [2.45, 2.75) is 86.6 Å². The third-order valence-corrected chi connectivity index (χ3v) is 15.8. The van der Waals surface area contributed by atoms with Gasteiger partial charge in [0.2, 0.25) is 5.69 Å². The van der Waals surface area contributed by atoms with Crippen molar-refractivity contribution >= 4 is 57.0 Å². The Morgan fingerprint density at radius 3 is 2.17 bits per heavy atom. The van der Waals surface area contributed by atoms with Gasteiger partial charge in [0.25, 0.3) is 0 Å². The van der Waals surface area contributed by atoms with Crippen LogP contribution >= 0.6 is 0 Å². The van der Waals surface area contributed by atoms with E-state index in [1.54, 1.807) is 0 Å². The van der Waals surface area contributed by atoms with Gasteiger partial charge in [0.1, 0.15) is 16.8 Å². The van der Waals surface area contributed by atoms with Crippen LogP contribution in [0.5, 0.6) is 0 Å². The Morgan fingerprint density at radius 2 is 1.46 bits per heavy atom. The van der Waals surface area contributed by atoms with Crippen LogP contribution in [0.25, 0.3) is 72.1 Å². The van der Waals surface area contributed by atoms with Crippen LogP contribution < -0.4 is 14.3 Å². The van der Waals surface area contributed by atoms with Gasteiger partial charge < -0.3 is 4.42 Å². The summed E-state index contributed by atoms with van der Waals surface area (Å²) < 4.78 is 25.2. The molecule has 0 fully saturated rings. The maximum atomic E-state index is 10.1. The summed E-state index contributed by atoms with van der Waals surface area (Å²) >= 11 is 0. The minimum atomic E-state index is -2.07. The van der Waals surface area contributed by atoms with Gasteiger partial charge in [-0.3, -0.25) is 0 Å². The summed E-state index contributed by atoms with van der Waals surface area (Å²) in [6.45, 7) is 25.0. The highest BCUT2D eigenvalue weighted by Gasteiger charge is 2.67. The van der Waals surface area contributed by atoms with E-state index in [2.05, 4.69) is 204 Å². The van der Waals surface area contributed by atoms with Gasteiger partial charge in [-0.25, -0.2) is 0 Å². The number of benzene rings is 6. The molecule has 0 radical (unpaired) electrons. The molecule has 0 aliphatic carbocycles. The number of fused-ring (bicyclic) bond motifs is 17. The van der Waals surface area contributed by atoms with Crippen molar-refractivity contribution in [2.75, 3.05) is 0 Å². The molecule has 2 aliphatic heterocycles. The lowest BCUT2D eigenvalue weighted by molar-refractivity contribution is -0.944.